The molecule has 0 saturated carbocycles. The number of carbonyl (C=O) groups excluding carboxylic acids is 2. The molecule has 0 aliphatic heterocycles. The van der Waals surface area contributed by atoms with Crippen molar-refractivity contribution in [1.29, 1.82) is 0 Å². The molecule has 19 N–H and O–H groups in total. The largest absolute Gasteiger partial charge is 0.446 e. The summed E-state index contributed by atoms with van der Waals surface area (Å²) in [5, 5.41) is 89.0. The van der Waals surface area contributed by atoms with Crippen molar-refractivity contribution in [3.05, 3.63) is 238 Å². The van der Waals surface area contributed by atoms with Crippen LogP contribution in [0.4, 0.5) is 82.2 Å². The molecule has 10 aromatic heterocycles. The van der Waals surface area contributed by atoms with Crippen LogP contribution in [0.5, 0.6) is 0 Å². The van der Waals surface area contributed by atoms with Crippen LogP contribution in [0.25, 0.3) is 68.8 Å². The quantitative estimate of drug-likeness (QED) is 0.00518. The number of benzene rings is 6. The summed E-state index contributed by atoms with van der Waals surface area (Å²) in [6.45, 7) is 12.4. The van der Waals surface area contributed by atoms with Crippen molar-refractivity contribution in [1.82, 2.24) is 122 Å². The first-order chi connectivity index (χ1) is 71.0. The second kappa shape index (κ2) is 53.6. The number of aliphatic imine (C=N–C) groups is 2. The van der Waals surface area contributed by atoms with E-state index in [0.29, 0.717) is 18.8 Å². The smallest absolute Gasteiger partial charge is 0.444 e. The fourth-order valence-electron chi connectivity index (χ4n) is 10.5. The number of hydroxylamine groups is 2. The third kappa shape index (κ3) is 31.6. The zero-order valence-electron chi connectivity index (χ0n) is 75.9. The predicted molar refractivity (Wildman–Crippen MR) is 496 cm³/mol. The molecule has 0 radical (unpaired) electrons. The maximum atomic E-state index is 13.5. The van der Waals surface area contributed by atoms with Crippen molar-refractivity contribution in [3.8, 4) is 68.8 Å². The number of nitrogens with zero attached hydrogens (tertiary/aromatic N) is 23. The maximum Gasteiger partial charge on any atom is 0.446 e. The van der Waals surface area contributed by atoms with Crippen LogP contribution in [0.1, 0.15) is 52.9 Å². The minimum atomic E-state index is -0.977. The lowest BCUT2D eigenvalue weighted by Gasteiger charge is -2.19. The van der Waals surface area contributed by atoms with Crippen molar-refractivity contribution in [3.63, 3.8) is 0 Å². The topological polar surface area (TPSA) is 838 Å². The summed E-state index contributed by atoms with van der Waals surface area (Å²) in [4.78, 5) is 107. The number of nitrogen functional groups attached to an aromatic ring is 2. The molecule has 0 atom stereocenters. The molecule has 73 heteroatoms. The zero-order valence-corrected chi connectivity index (χ0v) is 80.5. The molecule has 0 aliphatic rings. The van der Waals surface area contributed by atoms with E-state index in [0.717, 1.165) is 60.7 Å². The Morgan fingerprint density at radius 2 is 0.718 bits per heavy atom. The molecule has 6 aromatic carbocycles. The number of nitro groups is 1. The van der Waals surface area contributed by atoms with E-state index in [1.807, 2.05) is 5.48 Å². The van der Waals surface area contributed by atoms with Crippen LogP contribution in [0, 0.1) is 45.0 Å². The average molecular weight is 2220 g/mol. The monoisotopic (exact) mass is 2210 g/mol. The van der Waals surface area contributed by atoms with E-state index in [1.165, 1.54) is 66.7 Å². The molecule has 0 aliphatic carbocycles. The summed E-state index contributed by atoms with van der Waals surface area (Å²) < 4.78 is 138. The normalized spacial score (nSPS) is 11.2. The first-order valence-corrected chi connectivity index (χ1v) is 42.8. The maximum absolute atomic E-state index is 13.5. The number of anilines is 5. The van der Waals surface area contributed by atoms with Crippen molar-refractivity contribution >= 4 is 140 Å². The van der Waals surface area contributed by atoms with E-state index in [9.17, 15) is 70.4 Å². The number of rotatable bonds is 29. The van der Waals surface area contributed by atoms with E-state index in [1.54, 1.807) is 47.0 Å². The summed E-state index contributed by atoms with van der Waals surface area (Å²) in [6, 6.07) is 21.9. The summed E-state index contributed by atoms with van der Waals surface area (Å²) in [7, 11) is 0. The molecule has 10 heterocycles. The molecule has 61 nitrogen and oxygen atoms in total. The van der Waals surface area contributed by atoms with E-state index in [-0.39, 0.29) is 191 Å². The number of nitrogens with two attached hydrogens (primary N) is 5. The van der Waals surface area contributed by atoms with Crippen molar-refractivity contribution < 1.29 is 126 Å². The Morgan fingerprint density at radius 1 is 0.409 bits per heavy atom. The highest BCUT2D eigenvalue weighted by atomic mass is 35.5. The lowest BCUT2D eigenvalue weighted by atomic mass is 10.2. The molecular formula is C76H71Cl6F6N35O26. The number of hydrogen-bond donors (Lipinski definition) is 14. The number of aromatic nitrogens is 20. The molecule has 149 heavy (non-hydrogen) atoms. The second-order valence-electron chi connectivity index (χ2n) is 29.4. The Labute approximate surface area is 851 Å². The molecule has 16 rings (SSSR count). The third-order valence-corrected chi connectivity index (χ3v) is 18.4. The van der Waals surface area contributed by atoms with Gasteiger partial charge in [0.2, 0.25) is 52.1 Å². The molecule has 0 fully saturated rings. The highest BCUT2D eigenvalue weighted by Crippen LogP contribution is 2.33. The first-order valence-electron chi connectivity index (χ1n) is 40.5. The van der Waals surface area contributed by atoms with Gasteiger partial charge in [0.05, 0.1) is 90.7 Å². The fraction of sp³-hybridized carbons (Fsp3) is 0.211. The van der Waals surface area contributed by atoms with Crippen molar-refractivity contribution in [2.75, 3.05) is 80.5 Å². The van der Waals surface area contributed by atoms with Gasteiger partial charge in [0, 0.05) is 26.2 Å². The zero-order chi connectivity index (χ0) is 109. The van der Waals surface area contributed by atoms with Crippen LogP contribution < -0.4 is 89.9 Å². The Morgan fingerprint density at radius 3 is 1.07 bits per heavy atom. The van der Waals surface area contributed by atoms with Gasteiger partial charge in [-0.25, -0.2) is 129 Å². The number of amides is 2. The van der Waals surface area contributed by atoms with Gasteiger partial charge in [0.15, 0.2) is 45.5 Å². The summed E-state index contributed by atoms with van der Waals surface area (Å²) in [5.74, 6) is -3.98. The summed E-state index contributed by atoms with van der Waals surface area (Å²) in [6.07, 6.45) is -1.05. The standard InChI is InChI=1S/C17H18ClFN6O6.C12H10ClFN6O4.C11H12ClFN6O3.C10H3ClFN5O5.C10H5ClFN5O3.C9H7ClFN5O2.C7H16N2O3/c1-17(2,3)29-15(26)20-6-7-28-22-13-12(21-31-23-13)14-24-30-16(27)25(14)9-4-5-11(19)10(18)8-9;13-7-5-6(1-2-8(7)14)20-11(19-23-12(20)21)9-10(18-24-16-9)17-22-4-3-15;12-7-5-6(1-2-8(7)13)15-10(16-20)9-11(19-22-17-9)18-21-4-3-14;11-5-3-4(1-2-6(5)12)16-8(14-21-10(16)18)7-9(17(19)20)15-22-13-7;11-5-3-4(1-2-6(5)12)17-9(16-19-10(17)18)7-8(13)15-20-14-7;10-5-3-4(1-2-6(5)11)13-9(14-17)7-8(12)16-18-15-7;1-7(2,3)12-6(10)9-4-5-11-8/h4-5,8H,6-7H2,1-3H3,(H,20,26)(H,22,23);1-2,5H,3-4,15H2,(H,17,18);1-2,5,20H,3-4,14H2,(H,15,16)(H,18,19);1-3H;1-3H,(H2,13,15);1-3,17H,(H2,12,16)(H,13,14);4-5,8H2,1-3H3,(H,9,10). The molecule has 16 aromatic rings. The molecular weight excluding hydrogens is 2150 g/mol. The van der Waals surface area contributed by atoms with Gasteiger partial charge in [0.25, 0.3) is 5.69 Å². The third-order valence-electron chi connectivity index (χ3n) is 16.7. The van der Waals surface area contributed by atoms with E-state index < -0.39 is 97.8 Å². The molecule has 0 saturated heterocycles. The van der Waals surface area contributed by atoms with Crippen LogP contribution in [-0.4, -0.2) is 204 Å². The number of amidine groups is 2. The second-order valence-corrected chi connectivity index (χ2v) is 31.8. The molecule has 0 unspecified atom stereocenters. The number of carbonyl (C=O) groups is 2. The van der Waals surface area contributed by atoms with Crippen LogP contribution in [0.2, 0.25) is 30.1 Å². The Bertz CT molecular complexity index is 7560. The van der Waals surface area contributed by atoms with Crippen molar-refractivity contribution in [2.45, 2.75) is 52.7 Å². The van der Waals surface area contributed by atoms with Gasteiger partial charge in [-0.3, -0.25) is 54.0 Å². The van der Waals surface area contributed by atoms with Gasteiger partial charge in [-0.05, 0) is 212 Å². The number of hydrogen-bond acceptors (Lipinski definition) is 52. The van der Waals surface area contributed by atoms with E-state index in [2.05, 4.69) is 170 Å². The minimum absolute atomic E-state index is 0.0208. The first kappa shape index (κ1) is 114. The minimum Gasteiger partial charge on any atom is -0.444 e. The Hall–Kier alpha value is -17.2. The van der Waals surface area contributed by atoms with Crippen LogP contribution >= 0.6 is 69.6 Å². The molecule has 790 valence electrons. The molecule has 0 bridgehead atoms. The lowest BCUT2D eigenvalue weighted by Crippen LogP contribution is -2.34. The van der Waals surface area contributed by atoms with E-state index in [4.69, 9.17) is 128 Å². The van der Waals surface area contributed by atoms with Crippen LogP contribution in [0.3, 0.4) is 0 Å². The average Bonchev–Trinajstić information content (AvgIpc) is 1.65. The SMILES string of the molecule is CC(C)(C)OC(=O)NCCON.CC(C)(C)OC(=O)NCCONc1nonc1-c1noc(=O)n1-c1ccc(F)c(Cl)c1.NCCONc1nonc1-c1noc(=O)n1-c1ccc(F)c(Cl)c1.NCCONc1nonc1C(=Nc1ccc(F)c(Cl)c1)NO.Nc1nonc1-c1noc(=O)n1-c1ccc(F)c(Cl)c1.Nc1nonc1C(=Nc1ccc(F)c(Cl)c1)NO.O=c1onc(-c2nonc2[N+](=O)[O-])n1-c1ccc(F)c(Cl)c1. The number of nitrogens with one attached hydrogen (secondary N) is 7. The molecule has 2 amide bonds. The van der Waals surface area contributed by atoms with Crippen LogP contribution in [0.15, 0.2) is 184 Å². The lowest BCUT2D eigenvalue weighted by molar-refractivity contribution is -0.390. The predicted octanol–water partition coefficient (Wildman–Crippen LogP) is 9.46. The van der Waals surface area contributed by atoms with Gasteiger partial charge in [0.1, 0.15) is 46.1 Å². The summed E-state index contributed by atoms with van der Waals surface area (Å²) in [5.41, 5.74) is 32.5. The van der Waals surface area contributed by atoms with Gasteiger partial charge in [-0.1, -0.05) is 90.2 Å². The number of halogens is 12. The van der Waals surface area contributed by atoms with Gasteiger partial charge in [-0.2, -0.15) is 0 Å². The Kier molecular flexibility index (Phi) is 40.9. The molecule has 0 spiro atoms. The van der Waals surface area contributed by atoms with Gasteiger partial charge >= 0.3 is 41.0 Å². The van der Waals surface area contributed by atoms with Gasteiger partial charge < -0.3 is 58.0 Å². The fourth-order valence-corrected chi connectivity index (χ4v) is 11.6. The van der Waals surface area contributed by atoms with Crippen molar-refractivity contribution in [2.24, 2.45) is 27.3 Å². The van der Waals surface area contributed by atoms with Gasteiger partial charge in [-0.15, -0.1) is 4.63 Å². The summed E-state index contributed by atoms with van der Waals surface area (Å²) >= 11 is 34.1. The van der Waals surface area contributed by atoms with Crippen LogP contribution in [-0.2, 0) is 28.8 Å². The number of alkyl carbamates (subject to hydrolysis) is 2. The van der Waals surface area contributed by atoms with E-state index >= 15 is 0 Å². The Balaban J connectivity index is 0.000000180. The highest BCUT2D eigenvalue weighted by molar-refractivity contribution is 6.32. The number of ether oxygens (including phenoxy) is 2. The highest BCUT2D eigenvalue weighted by Gasteiger charge is 2.33.